The molecule has 1 unspecified atom stereocenters. The van der Waals surface area contributed by atoms with E-state index in [1.165, 1.54) is 84.0 Å². The molecular formula is C21H45NO5. The molecule has 0 amide bonds. The molecule has 0 heterocycles. The zero-order valence-corrected chi connectivity index (χ0v) is 17.6. The summed E-state index contributed by atoms with van der Waals surface area (Å²) < 4.78 is 0. The van der Waals surface area contributed by atoms with Crippen LogP contribution in [-0.2, 0) is 4.79 Å². The van der Waals surface area contributed by atoms with Gasteiger partial charge in [-0.3, -0.25) is 0 Å². The second-order valence-corrected chi connectivity index (χ2v) is 7.46. The number of aliphatic hydroxyl groups is 3. The van der Waals surface area contributed by atoms with Crippen LogP contribution in [0.15, 0.2) is 0 Å². The topological polar surface area (TPSA) is 124 Å². The van der Waals surface area contributed by atoms with Crippen LogP contribution in [0.5, 0.6) is 0 Å². The number of hydrogen-bond donors (Lipinski definition) is 5. The maximum Gasteiger partial charge on any atom is 0.332 e. The van der Waals surface area contributed by atoms with Crippen molar-refractivity contribution in [3.63, 3.8) is 0 Å². The lowest BCUT2D eigenvalue weighted by molar-refractivity contribution is -0.145. The van der Waals surface area contributed by atoms with Crippen LogP contribution in [0.4, 0.5) is 0 Å². The predicted molar refractivity (Wildman–Crippen MR) is 111 cm³/mol. The molecule has 0 saturated heterocycles. The molecule has 0 bridgehead atoms. The van der Waals surface area contributed by atoms with E-state index in [1.54, 1.807) is 0 Å². The molecule has 0 aromatic rings. The normalized spacial score (nSPS) is 14.1. The number of unbranched alkanes of at least 4 members (excludes halogenated alkanes) is 12. The fourth-order valence-electron chi connectivity index (χ4n) is 2.71. The highest BCUT2D eigenvalue weighted by molar-refractivity contribution is 5.71. The molecule has 6 heteroatoms. The molecule has 6 N–H and O–H groups in total. The average molecular weight is 392 g/mol. The molecule has 0 aliphatic heterocycles. The van der Waals surface area contributed by atoms with Gasteiger partial charge >= 0.3 is 5.97 Å². The van der Waals surface area contributed by atoms with Gasteiger partial charge in [-0.05, 0) is 13.3 Å². The van der Waals surface area contributed by atoms with Crippen molar-refractivity contribution in [1.82, 2.24) is 0 Å². The third-order valence-corrected chi connectivity index (χ3v) is 4.67. The number of carbonyl (C=O) groups is 1. The van der Waals surface area contributed by atoms with Crippen LogP contribution in [0.25, 0.3) is 0 Å². The molecular weight excluding hydrogens is 346 g/mol. The first-order valence-corrected chi connectivity index (χ1v) is 10.8. The quantitative estimate of drug-likeness (QED) is 0.241. The number of carboxylic acids is 1. The summed E-state index contributed by atoms with van der Waals surface area (Å²) in [6.07, 6.45) is 16.3. The highest BCUT2D eigenvalue weighted by Crippen LogP contribution is 2.13. The van der Waals surface area contributed by atoms with E-state index in [-0.39, 0.29) is 6.61 Å². The van der Waals surface area contributed by atoms with Crippen LogP contribution >= 0.6 is 0 Å². The third kappa shape index (κ3) is 23.3. The van der Waals surface area contributed by atoms with Gasteiger partial charge in [0.1, 0.15) is 6.10 Å². The van der Waals surface area contributed by atoms with Gasteiger partial charge < -0.3 is 26.2 Å². The lowest BCUT2D eigenvalue weighted by Crippen LogP contribution is -2.37. The Balaban J connectivity index is 0. The van der Waals surface area contributed by atoms with E-state index in [0.29, 0.717) is 0 Å². The van der Waals surface area contributed by atoms with Crippen LogP contribution in [0.1, 0.15) is 104 Å². The van der Waals surface area contributed by atoms with Gasteiger partial charge in [0, 0.05) is 0 Å². The Bertz CT molecular complexity index is 313. The van der Waals surface area contributed by atoms with Crippen molar-refractivity contribution in [3.05, 3.63) is 0 Å². The largest absolute Gasteiger partial charge is 0.479 e. The molecule has 6 nitrogen and oxygen atoms in total. The van der Waals surface area contributed by atoms with Gasteiger partial charge in [-0.25, -0.2) is 4.79 Å². The zero-order valence-electron chi connectivity index (χ0n) is 17.6. The Labute approximate surface area is 166 Å². The van der Waals surface area contributed by atoms with E-state index in [9.17, 15) is 9.90 Å². The van der Waals surface area contributed by atoms with Crippen LogP contribution in [0.3, 0.4) is 0 Å². The molecule has 0 saturated carbocycles. The van der Waals surface area contributed by atoms with E-state index in [2.05, 4.69) is 6.92 Å². The summed E-state index contributed by atoms with van der Waals surface area (Å²) in [5.74, 6) is -1.19. The van der Waals surface area contributed by atoms with Crippen molar-refractivity contribution >= 4 is 5.97 Å². The maximum atomic E-state index is 9.61. The Morgan fingerprint density at radius 2 is 1.15 bits per heavy atom. The minimum absolute atomic E-state index is 0.125. The molecule has 3 atom stereocenters. The minimum Gasteiger partial charge on any atom is -0.479 e. The van der Waals surface area contributed by atoms with Crippen molar-refractivity contribution in [3.8, 4) is 0 Å². The van der Waals surface area contributed by atoms with E-state index in [1.807, 2.05) is 0 Å². The summed E-state index contributed by atoms with van der Waals surface area (Å²) in [5, 5.41) is 34.2. The lowest BCUT2D eigenvalue weighted by Gasteiger charge is -2.15. The predicted octanol–water partition coefficient (Wildman–Crippen LogP) is 3.60. The highest BCUT2D eigenvalue weighted by atomic mass is 16.4. The van der Waals surface area contributed by atoms with E-state index in [0.717, 1.165) is 12.8 Å². The second kappa shape index (κ2) is 21.6. The number of rotatable bonds is 17. The van der Waals surface area contributed by atoms with Crippen molar-refractivity contribution in [1.29, 1.82) is 0 Å². The van der Waals surface area contributed by atoms with Gasteiger partial charge in [0.25, 0.3) is 0 Å². The number of nitrogens with two attached hydrogens (primary N) is 1. The number of carboxylic acid groups (broad SMARTS) is 1. The summed E-state index contributed by atoms with van der Waals surface area (Å²) in [7, 11) is 0. The Morgan fingerprint density at radius 3 is 1.44 bits per heavy atom. The van der Waals surface area contributed by atoms with E-state index in [4.69, 9.17) is 21.1 Å². The molecule has 0 aromatic heterocycles. The molecule has 0 fully saturated rings. The van der Waals surface area contributed by atoms with Gasteiger partial charge in [-0.15, -0.1) is 0 Å². The molecule has 0 rings (SSSR count). The Kier molecular flexibility index (Phi) is 22.8. The van der Waals surface area contributed by atoms with Crippen molar-refractivity contribution in [2.24, 2.45) is 5.73 Å². The molecule has 27 heavy (non-hydrogen) atoms. The minimum atomic E-state index is -1.23. The Morgan fingerprint density at radius 1 is 0.815 bits per heavy atom. The molecule has 0 radical (unpaired) electrons. The number of aliphatic carboxylic acids is 1. The van der Waals surface area contributed by atoms with Crippen LogP contribution in [-0.4, -0.2) is 51.3 Å². The SMILES string of the molecule is CC(O)C(=O)O.CCCCCCCCCCCCCCC[C@H](O)[C@@H](N)CO. The summed E-state index contributed by atoms with van der Waals surface area (Å²) >= 11 is 0. The summed E-state index contributed by atoms with van der Waals surface area (Å²) in [4.78, 5) is 9.45. The van der Waals surface area contributed by atoms with Gasteiger partial charge in [-0.2, -0.15) is 0 Å². The summed E-state index contributed by atoms with van der Waals surface area (Å²) in [5.41, 5.74) is 5.56. The fraction of sp³-hybridized carbons (Fsp3) is 0.952. The standard InChI is InChI=1S/C18H39NO2.C3H6O3/c1-2-3-4-5-6-7-8-9-10-11-12-13-14-15-18(21)17(19)16-20;1-2(4)3(5)6/h17-18,20-21H,2-16,19H2,1H3;2,4H,1H3,(H,5,6)/t17-,18-;/m0./s1. The highest BCUT2D eigenvalue weighted by Gasteiger charge is 2.12. The first-order chi connectivity index (χ1) is 12.9. The zero-order chi connectivity index (χ0) is 20.9. The van der Waals surface area contributed by atoms with Crippen LogP contribution in [0.2, 0.25) is 0 Å². The molecule has 0 aliphatic rings. The first kappa shape index (κ1) is 28.5. The third-order valence-electron chi connectivity index (χ3n) is 4.67. The molecule has 164 valence electrons. The van der Waals surface area contributed by atoms with Crippen molar-refractivity contribution < 1.29 is 25.2 Å². The maximum absolute atomic E-state index is 9.61. The lowest BCUT2D eigenvalue weighted by atomic mass is 10.0. The summed E-state index contributed by atoms with van der Waals surface area (Å²) in [6.45, 7) is 3.34. The second-order valence-electron chi connectivity index (χ2n) is 7.46. The van der Waals surface area contributed by atoms with Gasteiger partial charge in [0.2, 0.25) is 0 Å². The van der Waals surface area contributed by atoms with Crippen molar-refractivity contribution in [2.45, 2.75) is 122 Å². The smallest absolute Gasteiger partial charge is 0.332 e. The number of aliphatic hydroxyl groups excluding tert-OH is 3. The van der Waals surface area contributed by atoms with Crippen molar-refractivity contribution in [2.75, 3.05) is 6.61 Å². The number of hydrogen-bond acceptors (Lipinski definition) is 5. The fourth-order valence-corrected chi connectivity index (χ4v) is 2.71. The Hall–Kier alpha value is -0.690. The molecule has 0 aliphatic carbocycles. The van der Waals surface area contributed by atoms with E-state index >= 15 is 0 Å². The average Bonchev–Trinajstić information content (AvgIpc) is 2.65. The van der Waals surface area contributed by atoms with Gasteiger partial charge in [0.15, 0.2) is 0 Å². The first-order valence-electron chi connectivity index (χ1n) is 10.8. The summed E-state index contributed by atoms with van der Waals surface area (Å²) in [6, 6.07) is -0.470. The van der Waals surface area contributed by atoms with E-state index < -0.39 is 24.2 Å². The van der Waals surface area contributed by atoms with Gasteiger partial charge in [0.05, 0.1) is 18.8 Å². The monoisotopic (exact) mass is 391 g/mol. The van der Waals surface area contributed by atoms with Gasteiger partial charge in [-0.1, -0.05) is 90.4 Å². The molecule has 0 spiro atoms. The van der Waals surface area contributed by atoms with Crippen LogP contribution < -0.4 is 5.73 Å². The molecule has 0 aromatic carbocycles. The van der Waals surface area contributed by atoms with Crippen LogP contribution in [0, 0.1) is 0 Å².